The van der Waals surface area contributed by atoms with Crippen LogP contribution < -0.4 is 16.0 Å². The van der Waals surface area contributed by atoms with Crippen LogP contribution in [0.1, 0.15) is 24.2 Å². The summed E-state index contributed by atoms with van der Waals surface area (Å²) in [5.74, 6) is 0.904. The van der Waals surface area contributed by atoms with Crippen molar-refractivity contribution in [3.8, 4) is 0 Å². The lowest BCUT2D eigenvalue weighted by atomic mass is 10.2. The minimum absolute atomic E-state index is 0.115. The summed E-state index contributed by atoms with van der Waals surface area (Å²) in [5, 5.41) is 10.2. The molecule has 1 aliphatic rings. The van der Waals surface area contributed by atoms with Gasteiger partial charge < -0.3 is 15.4 Å². The smallest absolute Gasteiger partial charge is 0.229 e. The first-order valence-electron chi connectivity index (χ1n) is 9.07. The van der Waals surface area contributed by atoms with Crippen molar-refractivity contribution in [1.29, 1.82) is 0 Å². The Labute approximate surface area is 175 Å². The van der Waals surface area contributed by atoms with Crippen LogP contribution >= 0.6 is 23.8 Å². The number of nitrogens with zero attached hydrogens (tertiary/aromatic N) is 3. The van der Waals surface area contributed by atoms with Crippen molar-refractivity contribution in [2.45, 2.75) is 32.8 Å². The number of hydrogen-bond donors (Lipinski definition) is 3. The van der Waals surface area contributed by atoms with Crippen molar-refractivity contribution in [3.05, 3.63) is 46.7 Å². The van der Waals surface area contributed by atoms with Gasteiger partial charge in [-0.3, -0.25) is 5.32 Å². The van der Waals surface area contributed by atoms with Gasteiger partial charge in [-0.1, -0.05) is 23.7 Å². The third-order valence-electron chi connectivity index (χ3n) is 4.04. The van der Waals surface area contributed by atoms with E-state index in [1.54, 1.807) is 6.07 Å². The summed E-state index contributed by atoms with van der Waals surface area (Å²) in [7, 11) is 0. The van der Waals surface area contributed by atoms with Gasteiger partial charge >= 0.3 is 0 Å². The van der Waals surface area contributed by atoms with Gasteiger partial charge in [0.1, 0.15) is 0 Å². The average Bonchev–Trinajstić information content (AvgIpc) is 3.14. The zero-order chi connectivity index (χ0) is 19.9. The molecule has 148 valence electrons. The van der Waals surface area contributed by atoms with Crippen LogP contribution in [0.3, 0.4) is 0 Å². The number of halogens is 1. The molecule has 0 spiro atoms. The van der Waals surface area contributed by atoms with E-state index in [0.29, 0.717) is 34.3 Å². The Bertz CT molecular complexity index is 849. The molecule has 1 aliphatic heterocycles. The Morgan fingerprint density at radius 2 is 2.00 bits per heavy atom. The number of nitrogens with one attached hydrogen (secondary N) is 3. The molecule has 7 nitrogen and oxygen atoms in total. The number of para-hydroxylation sites is 1. The van der Waals surface area contributed by atoms with Gasteiger partial charge in [-0.15, -0.1) is 0 Å². The van der Waals surface area contributed by atoms with E-state index in [-0.39, 0.29) is 6.10 Å². The Morgan fingerprint density at radius 1 is 1.25 bits per heavy atom. The van der Waals surface area contributed by atoms with Crippen LogP contribution in [-0.4, -0.2) is 40.3 Å². The fourth-order valence-corrected chi connectivity index (χ4v) is 3.19. The van der Waals surface area contributed by atoms with Crippen molar-refractivity contribution in [1.82, 2.24) is 15.3 Å². The minimum Gasteiger partial charge on any atom is -0.376 e. The van der Waals surface area contributed by atoms with Gasteiger partial charge in [-0.25, -0.2) is 15.0 Å². The van der Waals surface area contributed by atoms with E-state index in [2.05, 4.69) is 30.9 Å². The third kappa shape index (κ3) is 6.12. The quantitative estimate of drug-likeness (QED) is 0.396. The van der Waals surface area contributed by atoms with Gasteiger partial charge in [-0.2, -0.15) is 0 Å². The summed E-state index contributed by atoms with van der Waals surface area (Å²) in [6, 6.07) is 9.29. The van der Waals surface area contributed by atoms with Crippen LogP contribution in [0.15, 0.2) is 35.3 Å². The van der Waals surface area contributed by atoms with Gasteiger partial charge in [-0.05, 0) is 57.1 Å². The highest BCUT2D eigenvalue weighted by Gasteiger charge is 2.16. The normalized spacial score (nSPS) is 16.7. The fourth-order valence-electron chi connectivity index (χ4n) is 2.80. The van der Waals surface area contributed by atoms with E-state index in [1.807, 2.05) is 38.1 Å². The van der Waals surface area contributed by atoms with Gasteiger partial charge in [0.2, 0.25) is 11.9 Å². The van der Waals surface area contributed by atoms with Crippen molar-refractivity contribution in [3.63, 3.8) is 0 Å². The molecule has 1 aromatic carbocycles. The monoisotopic (exact) mass is 418 g/mol. The number of guanidine groups is 1. The number of rotatable bonds is 4. The first kappa shape index (κ1) is 20.4. The lowest BCUT2D eigenvalue weighted by molar-refractivity contribution is 0.118. The minimum atomic E-state index is 0.115. The van der Waals surface area contributed by atoms with Crippen LogP contribution in [0.4, 0.5) is 11.6 Å². The number of ether oxygens (including phenoxy) is 1. The number of thiocarbonyl (C=S) groups is 1. The molecule has 1 saturated heterocycles. The van der Waals surface area contributed by atoms with Gasteiger partial charge in [0.05, 0.1) is 23.4 Å². The summed E-state index contributed by atoms with van der Waals surface area (Å²) in [5.41, 5.74) is 2.44. The van der Waals surface area contributed by atoms with Crippen LogP contribution in [0.5, 0.6) is 0 Å². The van der Waals surface area contributed by atoms with E-state index in [1.165, 1.54) is 0 Å². The van der Waals surface area contributed by atoms with Gasteiger partial charge in [0.15, 0.2) is 5.11 Å². The second-order valence-electron chi connectivity index (χ2n) is 6.48. The zero-order valence-electron chi connectivity index (χ0n) is 15.8. The summed E-state index contributed by atoms with van der Waals surface area (Å²) in [6.45, 7) is 5.14. The molecule has 1 fully saturated rings. The molecule has 28 heavy (non-hydrogen) atoms. The summed E-state index contributed by atoms with van der Waals surface area (Å²) < 4.78 is 5.65. The Kier molecular flexibility index (Phi) is 7.13. The maximum absolute atomic E-state index is 6.18. The van der Waals surface area contributed by atoms with E-state index < -0.39 is 0 Å². The second-order valence-corrected chi connectivity index (χ2v) is 7.30. The summed E-state index contributed by atoms with van der Waals surface area (Å²) >= 11 is 11.6. The molecule has 0 aliphatic carbocycles. The molecule has 1 unspecified atom stereocenters. The average molecular weight is 419 g/mol. The molecule has 2 aromatic rings. The largest absolute Gasteiger partial charge is 0.376 e. The maximum Gasteiger partial charge on any atom is 0.229 e. The molecule has 0 radical (unpaired) electrons. The lowest BCUT2D eigenvalue weighted by Crippen LogP contribution is -2.39. The molecule has 2 heterocycles. The van der Waals surface area contributed by atoms with E-state index in [9.17, 15) is 0 Å². The first-order chi connectivity index (χ1) is 13.5. The number of aryl methyl sites for hydroxylation is 2. The third-order valence-corrected chi connectivity index (χ3v) is 4.58. The SMILES string of the molecule is Cc1cc(C)nc(NC(=NCC2CCCO2)NC(=S)Nc2ccccc2Cl)n1. The predicted octanol–water partition coefficient (Wildman–Crippen LogP) is 3.68. The molecule has 1 atom stereocenters. The number of anilines is 2. The summed E-state index contributed by atoms with van der Waals surface area (Å²) in [6.07, 6.45) is 2.17. The zero-order valence-corrected chi connectivity index (χ0v) is 17.4. The number of hydrogen-bond acceptors (Lipinski definition) is 5. The molecule has 0 saturated carbocycles. The van der Waals surface area contributed by atoms with Crippen molar-refractivity contribution in [2.24, 2.45) is 4.99 Å². The van der Waals surface area contributed by atoms with E-state index in [0.717, 1.165) is 30.8 Å². The Hall–Kier alpha value is -2.29. The topological polar surface area (TPSA) is 83.5 Å². The highest BCUT2D eigenvalue weighted by Crippen LogP contribution is 2.20. The second kappa shape index (κ2) is 9.77. The Morgan fingerprint density at radius 3 is 2.68 bits per heavy atom. The molecule has 0 amide bonds. The number of benzene rings is 1. The van der Waals surface area contributed by atoms with Crippen LogP contribution in [-0.2, 0) is 4.74 Å². The summed E-state index contributed by atoms with van der Waals surface area (Å²) in [4.78, 5) is 13.4. The van der Waals surface area contributed by atoms with E-state index in [4.69, 9.17) is 28.6 Å². The fraction of sp³-hybridized carbons (Fsp3) is 0.368. The standard InChI is InChI=1S/C19H23ClN6OS/c1-12-10-13(2)23-18(22-12)25-17(21-11-14-6-5-9-27-14)26-19(28)24-16-8-4-3-7-15(16)20/h3-4,7-8,10,14H,5-6,9,11H2,1-2H3,(H3,21,22,23,24,25,26,28). The van der Waals surface area contributed by atoms with Crippen LogP contribution in [0.25, 0.3) is 0 Å². The molecule has 9 heteroatoms. The van der Waals surface area contributed by atoms with Gasteiger partial charge in [0, 0.05) is 18.0 Å². The van der Waals surface area contributed by atoms with E-state index >= 15 is 0 Å². The molecular weight excluding hydrogens is 396 g/mol. The van der Waals surface area contributed by atoms with Gasteiger partial charge in [0.25, 0.3) is 0 Å². The molecular formula is C19H23ClN6OS. The maximum atomic E-state index is 6.18. The molecule has 3 rings (SSSR count). The first-order valence-corrected chi connectivity index (χ1v) is 9.86. The predicted molar refractivity (Wildman–Crippen MR) is 117 cm³/mol. The van der Waals surface area contributed by atoms with Crippen LogP contribution in [0.2, 0.25) is 5.02 Å². The molecule has 0 bridgehead atoms. The van der Waals surface area contributed by atoms with Crippen molar-refractivity contribution in [2.75, 3.05) is 23.8 Å². The molecule has 1 aromatic heterocycles. The lowest BCUT2D eigenvalue weighted by Gasteiger charge is -2.15. The number of aromatic nitrogens is 2. The molecule has 3 N–H and O–H groups in total. The van der Waals surface area contributed by atoms with Crippen molar-refractivity contribution < 1.29 is 4.74 Å². The Balaban J connectivity index is 1.72. The highest BCUT2D eigenvalue weighted by molar-refractivity contribution is 7.80. The van der Waals surface area contributed by atoms with Crippen molar-refractivity contribution >= 4 is 46.5 Å². The highest BCUT2D eigenvalue weighted by atomic mass is 35.5. The number of aliphatic imine (C=N–C) groups is 1. The van der Waals surface area contributed by atoms with Crippen LogP contribution in [0, 0.1) is 13.8 Å².